The summed E-state index contributed by atoms with van der Waals surface area (Å²) in [7, 11) is 1.66. The van der Waals surface area contributed by atoms with E-state index in [1.54, 1.807) is 7.11 Å². The number of guanidine groups is 1. The quantitative estimate of drug-likeness (QED) is 0.906. The van der Waals surface area contributed by atoms with Crippen LogP contribution in [0.1, 0.15) is 42.2 Å². The molecule has 1 aromatic heterocycles. The van der Waals surface area contributed by atoms with Crippen molar-refractivity contribution in [1.82, 2.24) is 9.66 Å². The molecule has 0 aliphatic carbocycles. The maximum Gasteiger partial charge on any atom is 0.209 e. The lowest BCUT2D eigenvalue weighted by atomic mass is 10.0. The summed E-state index contributed by atoms with van der Waals surface area (Å²) in [6.45, 7) is 4.15. The number of benzene rings is 1. The Hall–Kier alpha value is -2.50. The van der Waals surface area contributed by atoms with Gasteiger partial charge in [0.25, 0.3) is 0 Å². The molecule has 0 bridgehead atoms. The number of hydrogen-bond acceptors (Lipinski definition) is 5. The first-order valence-corrected chi connectivity index (χ1v) is 7.46. The minimum absolute atomic E-state index is 0.148. The molecule has 1 aliphatic rings. The van der Waals surface area contributed by atoms with Gasteiger partial charge in [0.05, 0.1) is 18.5 Å². The summed E-state index contributed by atoms with van der Waals surface area (Å²) in [6, 6.07) is 7.76. The van der Waals surface area contributed by atoms with Crippen molar-refractivity contribution < 1.29 is 4.74 Å². The zero-order valence-electron chi connectivity index (χ0n) is 13.1. The number of imidazole rings is 1. The normalized spacial score (nSPS) is 16.7. The van der Waals surface area contributed by atoms with Crippen LogP contribution in [-0.2, 0) is 6.42 Å². The largest absolute Gasteiger partial charge is 0.497 e. The number of hydrogen-bond donors (Lipinski definition) is 2. The fourth-order valence-electron chi connectivity index (χ4n) is 2.80. The van der Waals surface area contributed by atoms with E-state index in [0.717, 1.165) is 41.4 Å². The van der Waals surface area contributed by atoms with Gasteiger partial charge in [-0.1, -0.05) is 19.1 Å². The van der Waals surface area contributed by atoms with Gasteiger partial charge < -0.3 is 10.5 Å². The summed E-state index contributed by atoms with van der Waals surface area (Å²) in [4.78, 5) is 9.24. The van der Waals surface area contributed by atoms with Crippen molar-refractivity contribution in [2.24, 2.45) is 10.7 Å². The van der Waals surface area contributed by atoms with Crippen LogP contribution >= 0.6 is 0 Å². The average molecular weight is 299 g/mol. The third-order valence-corrected chi connectivity index (χ3v) is 3.83. The van der Waals surface area contributed by atoms with Crippen LogP contribution in [0.4, 0.5) is 0 Å². The Morgan fingerprint density at radius 1 is 1.32 bits per heavy atom. The molecule has 0 spiro atoms. The Morgan fingerprint density at radius 2 is 2.05 bits per heavy atom. The second-order valence-corrected chi connectivity index (χ2v) is 5.39. The third-order valence-electron chi connectivity index (χ3n) is 3.83. The van der Waals surface area contributed by atoms with E-state index in [4.69, 9.17) is 10.5 Å². The molecule has 6 nitrogen and oxygen atoms in total. The molecule has 1 unspecified atom stereocenters. The number of aryl methyl sites for hydroxylation is 2. The Kier molecular flexibility index (Phi) is 3.75. The first-order valence-electron chi connectivity index (χ1n) is 7.46. The monoisotopic (exact) mass is 299 g/mol. The predicted octanol–water partition coefficient (Wildman–Crippen LogP) is 2.11. The van der Waals surface area contributed by atoms with Crippen LogP contribution in [0, 0.1) is 6.92 Å². The first-order chi connectivity index (χ1) is 10.6. The number of nitrogens with two attached hydrogens (primary N) is 1. The van der Waals surface area contributed by atoms with Crippen LogP contribution in [0.25, 0.3) is 0 Å². The second-order valence-electron chi connectivity index (χ2n) is 5.39. The van der Waals surface area contributed by atoms with Gasteiger partial charge in [0.1, 0.15) is 17.6 Å². The Balaban J connectivity index is 2.06. The first kappa shape index (κ1) is 14.4. The van der Waals surface area contributed by atoms with Crippen LogP contribution in [-0.4, -0.2) is 22.7 Å². The smallest absolute Gasteiger partial charge is 0.209 e. The van der Waals surface area contributed by atoms with Gasteiger partial charge in [0, 0.05) is 6.42 Å². The molecule has 22 heavy (non-hydrogen) atoms. The number of rotatable bonds is 4. The standard InChI is InChI=1S/C16H21N5O/c1-4-5-13-18-10(2)15-14(19-16(17)20-21(13)15)11-6-8-12(22-3)9-7-11/h6-9,14H,4-5H2,1-3H3,(H3,17,19,20). The molecule has 0 saturated heterocycles. The number of nitrogens with one attached hydrogen (secondary N) is 1. The van der Waals surface area contributed by atoms with E-state index >= 15 is 0 Å². The zero-order valence-corrected chi connectivity index (χ0v) is 13.1. The van der Waals surface area contributed by atoms with Gasteiger partial charge in [-0.15, -0.1) is 0 Å². The van der Waals surface area contributed by atoms with Crippen LogP contribution in [0.3, 0.4) is 0 Å². The molecule has 1 aliphatic heterocycles. The second kappa shape index (κ2) is 5.71. The van der Waals surface area contributed by atoms with Crippen LogP contribution in [0.15, 0.2) is 29.3 Å². The molecule has 116 valence electrons. The van der Waals surface area contributed by atoms with E-state index in [2.05, 4.69) is 22.3 Å². The van der Waals surface area contributed by atoms with Crippen LogP contribution in [0.5, 0.6) is 5.75 Å². The highest BCUT2D eigenvalue weighted by Gasteiger charge is 2.27. The molecule has 3 rings (SSSR count). The highest BCUT2D eigenvalue weighted by molar-refractivity contribution is 5.87. The molecule has 2 heterocycles. The summed E-state index contributed by atoms with van der Waals surface area (Å²) >= 11 is 0. The fraction of sp³-hybridized carbons (Fsp3) is 0.375. The molecule has 0 radical (unpaired) electrons. The van der Waals surface area contributed by atoms with E-state index in [-0.39, 0.29) is 6.04 Å². The number of nitrogens with zero attached hydrogens (tertiary/aromatic N) is 3. The number of methoxy groups -OCH3 is 1. The molecule has 0 fully saturated rings. The molecular weight excluding hydrogens is 278 g/mol. The number of aliphatic imine (C=N–C) groups is 1. The van der Waals surface area contributed by atoms with Gasteiger partial charge in [-0.25, -0.2) is 14.7 Å². The predicted molar refractivity (Wildman–Crippen MR) is 86.8 cm³/mol. The molecule has 0 amide bonds. The number of fused-ring (bicyclic) bond motifs is 1. The van der Waals surface area contributed by atoms with E-state index in [0.29, 0.717) is 5.96 Å². The lowest BCUT2D eigenvalue weighted by molar-refractivity contribution is 0.414. The van der Waals surface area contributed by atoms with Gasteiger partial charge in [-0.3, -0.25) is 5.43 Å². The lowest BCUT2D eigenvalue weighted by Gasteiger charge is -2.24. The molecule has 2 aromatic rings. The Bertz CT molecular complexity index is 702. The van der Waals surface area contributed by atoms with Crippen molar-refractivity contribution in [2.75, 3.05) is 12.5 Å². The molecule has 6 heteroatoms. The zero-order chi connectivity index (χ0) is 15.7. The van der Waals surface area contributed by atoms with Crippen molar-refractivity contribution in [3.8, 4) is 5.75 Å². The molecule has 1 aromatic carbocycles. The molecule has 1 atom stereocenters. The highest BCUT2D eigenvalue weighted by Crippen LogP contribution is 2.32. The third kappa shape index (κ3) is 2.41. The van der Waals surface area contributed by atoms with Gasteiger partial charge in [-0.05, 0) is 31.0 Å². The van der Waals surface area contributed by atoms with Gasteiger partial charge in [0.2, 0.25) is 5.96 Å². The Morgan fingerprint density at radius 3 is 2.68 bits per heavy atom. The minimum atomic E-state index is -0.148. The molecular formula is C16H21N5O. The van der Waals surface area contributed by atoms with Crippen LogP contribution in [0.2, 0.25) is 0 Å². The SMILES string of the molecule is CCCc1nc(C)c2n1NC(N)=NC2c1ccc(OC)cc1. The highest BCUT2D eigenvalue weighted by atomic mass is 16.5. The van der Waals surface area contributed by atoms with Gasteiger partial charge >= 0.3 is 0 Å². The maximum atomic E-state index is 5.97. The van der Waals surface area contributed by atoms with E-state index in [1.165, 1.54) is 0 Å². The van der Waals surface area contributed by atoms with E-state index in [9.17, 15) is 0 Å². The number of aromatic nitrogens is 2. The van der Waals surface area contributed by atoms with Crippen molar-refractivity contribution in [3.05, 3.63) is 47.0 Å². The summed E-state index contributed by atoms with van der Waals surface area (Å²) < 4.78 is 7.20. The summed E-state index contributed by atoms with van der Waals surface area (Å²) in [5.41, 5.74) is 12.2. The Labute approximate surface area is 130 Å². The van der Waals surface area contributed by atoms with Crippen molar-refractivity contribution >= 4 is 5.96 Å². The van der Waals surface area contributed by atoms with Crippen molar-refractivity contribution in [1.29, 1.82) is 0 Å². The summed E-state index contributed by atoms with van der Waals surface area (Å²) in [5.74, 6) is 2.22. The van der Waals surface area contributed by atoms with Crippen molar-refractivity contribution in [2.45, 2.75) is 32.7 Å². The van der Waals surface area contributed by atoms with E-state index in [1.807, 2.05) is 35.9 Å². The van der Waals surface area contributed by atoms with Crippen LogP contribution < -0.4 is 15.9 Å². The topological polar surface area (TPSA) is 77.5 Å². The van der Waals surface area contributed by atoms with Gasteiger partial charge in [-0.2, -0.15) is 0 Å². The average Bonchev–Trinajstić information content (AvgIpc) is 2.83. The molecule has 3 N–H and O–H groups in total. The minimum Gasteiger partial charge on any atom is -0.497 e. The maximum absolute atomic E-state index is 5.97. The summed E-state index contributed by atoms with van der Waals surface area (Å²) in [5, 5.41) is 0. The van der Waals surface area contributed by atoms with Crippen molar-refractivity contribution in [3.63, 3.8) is 0 Å². The lowest BCUT2D eigenvalue weighted by Crippen LogP contribution is -2.37. The summed E-state index contributed by atoms with van der Waals surface area (Å²) in [6.07, 6.45) is 1.93. The number of ether oxygens (including phenoxy) is 1. The molecule has 0 saturated carbocycles. The van der Waals surface area contributed by atoms with Gasteiger partial charge in [0.15, 0.2) is 0 Å². The van der Waals surface area contributed by atoms with E-state index < -0.39 is 0 Å². The fourth-order valence-corrected chi connectivity index (χ4v) is 2.80.